The van der Waals surface area contributed by atoms with Crippen molar-refractivity contribution in [1.82, 2.24) is 0 Å². The first-order valence-electron chi connectivity index (χ1n) is 9.68. The summed E-state index contributed by atoms with van der Waals surface area (Å²) in [4.78, 5) is 0. The molecule has 9 heteroatoms. The molecule has 0 bridgehead atoms. The van der Waals surface area contributed by atoms with Gasteiger partial charge in [0.05, 0.1) is 0 Å². The Labute approximate surface area is 173 Å². The standard InChI is InChI=1S/C21H21AsF6OSi/c1-4-30(5-2,6-3)22(29,13-8-9-14-12(11-13)7-10-15(14)23)16-17(24)19(26)21(28)20(27)18(16)25/h7-11,15H,4-6H2,1-3H3. The van der Waals surface area contributed by atoms with Gasteiger partial charge in [-0.3, -0.25) is 0 Å². The summed E-state index contributed by atoms with van der Waals surface area (Å²) in [5, 5.41) is 0. The van der Waals surface area contributed by atoms with Crippen molar-refractivity contribution >= 4 is 34.1 Å². The minimum atomic E-state index is -5.17. The Balaban J connectivity index is 2.46. The molecule has 0 aliphatic heterocycles. The molecule has 162 valence electrons. The molecule has 0 heterocycles. The van der Waals surface area contributed by atoms with E-state index in [4.69, 9.17) is 0 Å². The van der Waals surface area contributed by atoms with Gasteiger partial charge in [0.2, 0.25) is 0 Å². The van der Waals surface area contributed by atoms with Crippen LogP contribution in [0.4, 0.5) is 26.3 Å². The van der Waals surface area contributed by atoms with Gasteiger partial charge in [-0.2, -0.15) is 0 Å². The van der Waals surface area contributed by atoms with Crippen LogP contribution in [-0.2, 0) is 3.74 Å². The van der Waals surface area contributed by atoms with Gasteiger partial charge in [0.1, 0.15) is 0 Å². The van der Waals surface area contributed by atoms with Crippen molar-refractivity contribution in [3.63, 3.8) is 0 Å². The van der Waals surface area contributed by atoms with E-state index in [1.165, 1.54) is 30.4 Å². The second-order valence-electron chi connectivity index (χ2n) is 7.39. The fourth-order valence-corrected chi connectivity index (χ4v) is 28.2. The molecule has 1 aliphatic rings. The third kappa shape index (κ3) is 3.06. The molecule has 1 nitrogen and oxygen atoms in total. The zero-order chi connectivity index (χ0) is 22.4. The summed E-state index contributed by atoms with van der Waals surface area (Å²) in [6, 6.07) is 5.14. The molecule has 0 spiro atoms. The van der Waals surface area contributed by atoms with Crippen LogP contribution in [0.1, 0.15) is 38.1 Å². The average Bonchev–Trinajstić information content (AvgIpc) is 3.12. The van der Waals surface area contributed by atoms with Gasteiger partial charge >= 0.3 is 174 Å². The predicted octanol–water partition coefficient (Wildman–Crippen LogP) is 5.50. The van der Waals surface area contributed by atoms with Gasteiger partial charge in [-0.1, -0.05) is 0 Å². The van der Waals surface area contributed by atoms with Crippen LogP contribution in [0.2, 0.25) is 18.1 Å². The van der Waals surface area contributed by atoms with Crippen molar-refractivity contribution in [3.05, 3.63) is 64.5 Å². The molecule has 0 radical (unpaired) electrons. The fraction of sp³-hybridized carbons (Fsp3) is 0.333. The number of fused-ring (bicyclic) bond motifs is 1. The van der Waals surface area contributed by atoms with E-state index in [1.807, 2.05) is 0 Å². The van der Waals surface area contributed by atoms with Gasteiger partial charge in [-0.25, -0.2) is 0 Å². The Bertz CT molecular complexity index is 1040. The third-order valence-corrected chi connectivity index (χ3v) is 32.7. The van der Waals surface area contributed by atoms with Gasteiger partial charge < -0.3 is 0 Å². The van der Waals surface area contributed by atoms with Crippen LogP contribution in [0.25, 0.3) is 6.08 Å². The minimum absolute atomic E-state index is 0.0612. The van der Waals surface area contributed by atoms with Crippen molar-refractivity contribution in [3.8, 4) is 0 Å². The molecule has 0 fully saturated rings. The Morgan fingerprint density at radius 1 is 0.867 bits per heavy atom. The summed E-state index contributed by atoms with van der Waals surface area (Å²) >= 11 is -5.17. The van der Waals surface area contributed by atoms with E-state index in [1.54, 1.807) is 20.8 Å². The molecule has 3 rings (SSSR count). The van der Waals surface area contributed by atoms with E-state index < -0.39 is 59.0 Å². The molecular formula is C21H21AsF6OSi. The molecule has 0 amide bonds. The van der Waals surface area contributed by atoms with Gasteiger partial charge in [-0.05, 0) is 0 Å². The van der Waals surface area contributed by atoms with Crippen LogP contribution in [0.15, 0.2) is 24.3 Å². The molecule has 2 atom stereocenters. The molecule has 0 saturated heterocycles. The van der Waals surface area contributed by atoms with Crippen LogP contribution < -0.4 is 8.70 Å². The quantitative estimate of drug-likeness (QED) is 0.219. The maximum atomic E-state index is 14.9. The van der Waals surface area contributed by atoms with E-state index in [-0.39, 0.29) is 4.35 Å². The zero-order valence-corrected chi connectivity index (χ0v) is 19.6. The number of alkyl halides is 1. The van der Waals surface area contributed by atoms with Crippen LogP contribution >= 0.6 is 0 Å². The summed E-state index contributed by atoms with van der Waals surface area (Å²) in [7, 11) is 0. The predicted molar refractivity (Wildman–Crippen MR) is 108 cm³/mol. The third-order valence-electron chi connectivity index (χ3n) is 6.32. The van der Waals surface area contributed by atoms with Gasteiger partial charge in [0.25, 0.3) is 0 Å². The molecule has 0 aromatic heterocycles. The Kier molecular flexibility index (Phi) is 6.22. The van der Waals surface area contributed by atoms with Crippen LogP contribution in [0.5, 0.6) is 0 Å². The Hall–Kier alpha value is -1.66. The molecule has 2 aromatic carbocycles. The van der Waals surface area contributed by atoms with Crippen LogP contribution in [-0.4, -0.2) is 19.4 Å². The number of rotatable bonds is 6. The second-order valence-corrected chi connectivity index (χ2v) is 25.8. The van der Waals surface area contributed by atoms with E-state index in [9.17, 15) is 30.1 Å². The topological polar surface area (TPSA) is 17.1 Å². The molecule has 0 saturated carbocycles. The first-order chi connectivity index (χ1) is 14.1. The fourth-order valence-electron chi connectivity index (χ4n) is 4.37. The van der Waals surface area contributed by atoms with Crippen molar-refractivity contribution in [2.45, 2.75) is 45.1 Å². The van der Waals surface area contributed by atoms with E-state index in [2.05, 4.69) is 0 Å². The van der Waals surface area contributed by atoms with E-state index in [0.29, 0.717) is 29.3 Å². The van der Waals surface area contributed by atoms with Gasteiger partial charge in [0.15, 0.2) is 0 Å². The maximum absolute atomic E-state index is 14.9. The normalized spacial score (nSPS) is 17.8. The summed E-state index contributed by atoms with van der Waals surface area (Å²) in [5.41, 5.74) is 0.715. The number of allylic oxidation sites excluding steroid dienone is 1. The summed E-state index contributed by atoms with van der Waals surface area (Å²) < 4.78 is 99.4. The van der Waals surface area contributed by atoms with Crippen LogP contribution in [0.3, 0.4) is 0 Å². The average molecular weight is 506 g/mol. The van der Waals surface area contributed by atoms with E-state index in [0.717, 1.165) is 0 Å². The summed E-state index contributed by atoms with van der Waals surface area (Å²) in [6.45, 7) is 2.15. The van der Waals surface area contributed by atoms with Crippen molar-refractivity contribution < 1.29 is 30.1 Å². The Morgan fingerprint density at radius 3 is 1.87 bits per heavy atom. The SMILES string of the molecule is CC[Si](CC)(CC)[As](=O)(c1ccc2c(c1)C=CC2F)c1c(F)c(F)c(F)c(F)c1F. The number of hydrogen-bond donors (Lipinski definition) is 0. The van der Waals surface area contributed by atoms with Gasteiger partial charge in [-0.15, -0.1) is 0 Å². The number of hydrogen-bond acceptors (Lipinski definition) is 1. The van der Waals surface area contributed by atoms with Crippen molar-refractivity contribution in [2.24, 2.45) is 0 Å². The monoisotopic (exact) mass is 506 g/mol. The first-order valence-corrected chi connectivity index (χ1v) is 17.7. The summed E-state index contributed by atoms with van der Waals surface area (Å²) in [5.74, 6) is -10.5. The molecule has 2 aromatic rings. The van der Waals surface area contributed by atoms with Gasteiger partial charge in [0, 0.05) is 0 Å². The second kappa shape index (κ2) is 8.11. The summed E-state index contributed by atoms with van der Waals surface area (Å²) in [6.07, 6.45) is 1.39. The van der Waals surface area contributed by atoms with Crippen molar-refractivity contribution in [2.75, 3.05) is 0 Å². The molecule has 2 unspecified atom stereocenters. The zero-order valence-electron chi connectivity index (χ0n) is 16.7. The Morgan fingerprint density at radius 2 is 1.37 bits per heavy atom. The van der Waals surface area contributed by atoms with E-state index >= 15 is 0 Å². The molecule has 30 heavy (non-hydrogen) atoms. The number of halogens is 6. The first kappa shape index (κ1) is 23.0. The molecular weight excluding hydrogens is 485 g/mol. The van der Waals surface area contributed by atoms with Crippen LogP contribution in [0, 0.1) is 29.1 Å². The molecule has 1 aliphatic carbocycles. The number of benzene rings is 2. The molecule has 0 N–H and O–H groups in total. The van der Waals surface area contributed by atoms with Crippen molar-refractivity contribution in [1.29, 1.82) is 0 Å².